The van der Waals surface area contributed by atoms with Crippen LogP contribution < -0.4 is 15.4 Å². The lowest BCUT2D eigenvalue weighted by molar-refractivity contribution is 0.0459. The summed E-state index contributed by atoms with van der Waals surface area (Å²) < 4.78 is 11.5. The van der Waals surface area contributed by atoms with Gasteiger partial charge >= 0.3 is 0 Å². The molecule has 1 fully saturated rings. The maximum absolute atomic E-state index is 5.97. The molecule has 20 heavy (non-hydrogen) atoms. The van der Waals surface area contributed by atoms with Crippen molar-refractivity contribution in [2.45, 2.75) is 45.8 Å². The van der Waals surface area contributed by atoms with Crippen molar-refractivity contribution in [1.82, 2.24) is 0 Å². The number of ether oxygens (including phenoxy) is 2. The van der Waals surface area contributed by atoms with Crippen molar-refractivity contribution < 1.29 is 9.47 Å². The quantitative estimate of drug-likeness (QED) is 0.841. The fourth-order valence-electron chi connectivity index (χ4n) is 2.59. The Morgan fingerprint density at radius 3 is 2.60 bits per heavy atom. The molecular weight excluding hydrogens is 252 g/mol. The Morgan fingerprint density at radius 2 is 2.00 bits per heavy atom. The van der Waals surface area contributed by atoms with E-state index in [0.29, 0.717) is 11.8 Å². The summed E-state index contributed by atoms with van der Waals surface area (Å²) in [5.41, 5.74) is 7.85. The Labute approximate surface area is 121 Å². The minimum atomic E-state index is 0.135. The van der Waals surface area contributed by atoms with Crippen LogP contribution in [-0.2, 0) is 4.74 Å². The molecule has 0 bridgehead atoms. The molecule has 2 rings (SSSR count). The van der Waals surface area contributed by atoms with Crippen molar-refractivity contribution in [3.05, 3.63) is 18.2 Å². The molecule has 1 heterocycles. The minimum absolute atomic E-state index is 0.135. The highest BCUT2D eigenvalue weighted by Gasteiger charge is 2.20. The van der Waals surface area contributed by atoms with E-state index in [1.165, 1.54) is 5.69 Å². The molecule has 1 aromatic carbocycles. The SMILES string of the molecule is CCOC1CCN(c2ccc(N)c(OC(C)C)c2)CC1. The second-order valence-corrected chi connectivity index (χ2v) is 5.53. The van der Waals surface area contributed by atoms with E-state index < -0.39 is 0 Å². The van der Waals surface area contributed by atoms with Gasteiger partial charge in [-0.15, -0.1) is 0 Å². The zero-order valence-electron chi connectivity index (χ0n) is 12.8. The van der Waals surface area contributed by atoms with Crippen LogP contribution in [-0.4, -0.2) is 31.9 Å². The van der Waals surface area contributed by atoms with E-state index in [1.807, 2.05) is 19.9 Å². The van der Waals surface area contributed by atoms with Gasteiger partial charge in [0.25, 0.3) is 0 Å². The molecule has 0 aliphatic carbocycles. The Morgan fingerprint density at radius 1 is 1.30 bits per heavy atom. The molecule has 0 amide bonds. The van der Waals surface area contributed by atoms with E-state index in [9.17, 15) is 0 Å². The predicted molar refractivity (Wildman–Crippen MR) is 83.5 cm³/mol. The van der Waals surface area contributed by atoms with E-state index in [-0.39, 0.29) is 6.10 Å². The average Bonchev–Trinajstić information content (AvgIpc) is 2.42. The standard InChI is InChI=1S/C16H26N2O2/c1-4-19-14-7-9-18(10-8-14)13-5-6-15(17)16(11-13)20-12(2)3/h5-6,11-12,14H,4,7-10,17H2,1-3H3. The minimum Gasteiger partial charge on any atom is -0.489 e. The summed E-state index contributed by atoms with van der Waals surface area (Å²) in [6.07, 6.45) is 2.71. The Balaban J connectivity index is 2.02. The van der Waals surface area contributed by atoms with Gasteiger partial charge in [-0.3, -0.25) is 0 Å². The maximum Gasteiger partial charge on any atom is 0.144 e. The Kier molecular flexibility index (Phi) is 5.12. The molecule has 0 spiro atoms. The van der Waals surface area contributed by atoms with Crippen molar-refractivity contribution in [2.75, 3.05) is 30.3 Å². The van der Waals surface area contributed by atoms with Gasteiger partial charge in [0, 0.05) is 31.5 Å². The number of hydrogen-bond donors (Lipinski definition) is 1. The lowest BCUT2D eigenvalue weighted by Gasteiger charge is -2.33. The van der Waals surface area contributed by atoms with Gasteiger partial charge in [-0.25, -0.2) is 0 Å². The fraction of sp³-hybridized carbons (Fsp3) is 0.625. The van der Waals surface area contributed by atoms with Crippen LogP contribution in [0.3, 0.4) is 0 Å². The molecule has 1 aromatic rings. The molecule has 1 saturated heterocycles. The number of nitrogens with two attached hydrogens (primary N) is 1. The van der Waals surface area contributed by atoms with E-state index in [2.05, 4.69) is 24.0 Å². The average molecular weight is 278 g/mol. The first-order chi connectivity index (χ1) is 9.60. The molecule has 4 nitrogen and oxygen atoms in total. The molecule has 112 valence electrons. The molecule has 1 aliphatic heterocycles. The van der Waals surface area contributed by atoms with Gasteiger partial charge in [0.1, 0.15) is 5.75 Å². The number of nitrogens with zero attached hydrogens (tertiary/aromatic N) is 1. The van der Waals surface area contributed by atoms with Crippen LogP contribution in [0.15, 0.2) is 18.2 Å². The lowest BCUT2D eigenvalue weighted by Crippen LogP contribution is -2.37. The summed E-state index contributed by atoms with van der Waals surface area (Å²) in [6.45, 7) is 8.94. The van der Waals surface area contributed by atoms with Crippen molar-refractivity contribution in [1.29, 1.82) is 0 Å². The topological polar surface area (TPSA) is 47.7 Å². The third-order valence-electron chi connectivity index (χ3n) is 3.57. The highest BCUT2D eigenvalue weighted by molar-refractivity contribution is 5.62. The van der Waals surface area contributed by atoms with Crippen LogP contribution in [0.1, 0.15) is 33.6 Å². The van der Waals surface area contributed by atoms with Crippen LogP contribution in [0.5, 0.6) is 5.75 Å². The van der Waals surface area contributed by atoms with Crippen LogP contribution in [0.25, 0.3) is 0 Å². The van der Waals surface area contributed by atoms with Crippen molar-refractivity contribution >= 4 is 11.4 Å². The second-order valence-electron chi connectivity index (χ2n) is 5.53. The first-order valence-electron chi connectivity index (χ1n) is 7.53. The van der Waals surface area contributed by atoms with E-state index in [4.69, 9.17) is 15.2 Å². The summed E-state index contributed by atoms with van der Waals surface area (Å²) >= 11 is 0. The summed E-state index contributed by atoms with van der Waals surface area (Å²) in [5.74, 6) is 0.782. The first kappa shape index (κ1) is 15.0. The monoisotopic (exact) mass is 278 g/mol. The second kappa shape index (κ2) is 6.84. The van der Waals surface area contributed by atoms with Crippen LogP contribution in [0, 0.1) is 0 Å². The summed E-state index contributed by atoms with van der Waals surface area (Å²) in [5, 5.41) is 0. The van der Waals surface area contributed by atoms with E-state index >= 15 is 0 Å². The van der Waals surface area contributed by atoms with Crippen molar-refractivity contribution in [2.24, 2.45) is 0 Å². The molecule has 4 heteroatoms. The van der Waals surface area contributed by atoms with E-state index in [0.717, 1.165) is 38.3 Å². The van der Waals surface area contributed by atoms with E-state index in [1.54, 1.807) is 0 Å². The summed E-state index contributed by atoms with van der Waals surface area (Å²) in [4.78, 5) is 2.38. The first-order valence-corrected chi connectivity index (χ1v) is 7.53. The zero-order chi connectivity index (χ0) is 14.5. The summed E-state index contributed by atoms with van der Waals surface area (Å²) in [7, 11) is 0. The molecule has 0 saturated carbocycles. The number of benzene rings is 1. The number of anilines is 2. The van der Waals surface area contributed by atoms with Gasteiger partial charge in [-0.1, -0.05) is 0 Å². The number of nitrogen functional groups attached to an aromatic ring is 1. The van der Waals surface area contributed by atoms with Gasteiger partial charge in [0.2, 0.25) is 0 Å². The fourth-order valence-corrected chi connectivity index (χ4v) is 2.59. The Bertz CT molecular complexity index is 426. The van der Waals surface area contributed by atoms with Crippen LogP contribution >= 0.6 is 0 Å². The number of hydrogen-bond acceptors (Lipinski definition) is 4. The third kappa shape index (κ3) is 3.79. The lowest BCUT2D eigenvalue weighted by atomic mass is 10.1. The maximum atomic E-state index is 5.97. The predicted octanol–water partition coefficient (Wildman–Crippen LogP) is 3.06. The number of piperidine rings is 1. The molecule has 0 unspecified atom stereocenters. The highest BCUT2D eigenvalue weighted by atomic mass is 16.5. The van der Waals surface area contributed by atoms with Gasteiger partial charge in [0.05, 0.1) is 17.9 Å². The van der Waals surface area contributed by atoms with Crippen LogP contribution in [0.4, 0.5) is 11.4 Å². The molecule has 1 aliphatic rings. The normalized spacial score (nSPS) is 16.7. The smallest absolute Gasteiger partial charge is 0.144 e. The van der Waals surface area contributed by atoms with Gasteiger partial charge in [0.15, 0.2) is 0 Å². The molecule has 0 aromatic heterocycles. The number of rotatable bonds is 5. The summed E-state index contributed by atoms with van der Waals surface area (Å²) in [6, 6.07) is 6.06. The Hall–Kier alpha value is -1.42. The van der Waals surface area contributed by atoms with Crippen molar-refractivity contribution in [3.63, 3.8) is 0 Å². The van der Waals surface area contributed by atoms with Gasteiger partial charge < -0.3 is 20.1 Å². The van der Waals surface area contributed by atoms with Crippen LogP contribution in [0.2, 0.25) is 0 Å². The molecular formula is C16H26N2O2. The highest BCUT2D eigenvalue weighted by Crippen LogP contribution is 2.30. The third-order valence-corrected chi connectivity index (χ3v) is 3.57. The molecule has 2 N–H and O–H groups in total. The molecule has 0 atom stereocenters. The van der Waals surface area contributed by atoms with Gasteiger partial charge in [-0.2, -0.15) is 0 Å². The van der Waals surface area contributed by atoms with Gasteiger partial charge in [-0.05, 0) is 45.7 Å². The largest absolute Gasteiger partial charge is 0.489 e. The van der Waals surface area contributed by atoms with Crippen molar-refractivity contribution in [3.8, 4) is 5.75 Å². The zero-order valence-corrected chi connectivity index (χ0v) is 12.8. The molecule has 0 radical (unpaired) electrons.